The van der Waals surface area contributed by atoms with Crippen LogP contribution < -0.4 is 11.2 Å². The molecule has 76 valence electrons. The summed E-state index contributed by atoms with van der Waals surface area (Å²) in [5.74, 6) is 0.820. The molecule has 14 heavy (non-hydrogen) atoms. The third-order valence-electron chi connectivity index (χ3n) is 2.07. The third kappa shape index (κ3) is 2.34. The summed E-state index contributed by atoms with van der Waals surface area (Å²) in [6.07, 6.45) is 1.64. The summed E-state index contributed by atoms with van der Waals surface area (Å²) in [7, 11) is 0. The highest BCUT2D eigenvalue weighted by atomic mass is 16.5. The number of anilines is 2. The lowest BCUT2D eigenvalue weighted by atomic mass is 10.4. The second-order valence-corrected chi connectivity index (χ2v) is 3.19. The molecule has 1 aromatic heterocycles. The van der Waals surface area contributed by atoms with Gasteiger partial charge in [0.05, 0.1) is 25.1 Å². The van der Waals surface area contributed by atoms with Crippen LogP contribution in [0.15, 0.2) is 18.3 Å². The van der Waals surface area contributed by atoms with Crippen molar-refractivity contribution >= 4 is 11.5 Å². The van der Waals surface area contributed by atoms with E-state index in [9.17, 15) is 0 Å². The molecule has 0 aliphatic carbocycles. The van der Waals surface area contributed by atoms with Crippen molar-refractivity contribution in [2.75, 3.05) is 37.5 Å². The molecular weight excluding hydrogens is 180 g/mol. The SMILES string of the molecule is Nc1ccc(NN2CCOCC2)nc1. The highest BCUT2D eigenvalue weighted by molar-refractivity contribution is 5.43. The van der Waals surface area contributed by atoms with E-state index in [0.29, 0.717) is 5.69 Å². The quantitative estimate of drug-likeness (QED) is 0.710. The molecule has 0 radical (unpaired) electrons. The van der Waals surface area contributed by atoms with Gasteiger partial charge in [-0.15, -0.1) is 0 Å². The van der Waals surface area contributed by atoms with Gasteiger partial charge in [0, 0.05) is 13.1 Å². The number of nitrogens with zero attached hydrogens (tertiary/aromatic N) is 2. The zero-order chi connectivity index (χ0) is 9.80. The van der Waals surface area contributed by atoms with Crippen LogP contribution >= 0.6 is 0 Å². The van der Waals surface area contributed by atoms with Crippen molar-refractivity contribution in [3.8, 4) is 0 Å². The Kier molecular flexibility index (Phi) is 2.81. The van der Waals surface area contributed by atoms with Gasteiger partial charge in [-0.05, 0) is 12.1 Å². The number of rotatable bonds is 2. The maximum Gasteiger partial charge on any atom is 0.140 e. The Labute approximate surface area is 82.8 Å². The van der Waals surface area contributed by atoms with Crippen LogP contribution in [-0.2, 0) is 4.74 Å². The maximum absolute atomic E-state index is 5.54. The van der Waals surface area contributed by atoms with E-state index < -0.39 is 0 Å². The molecule has 2 heterocycles. The van der Waals surface area contributed by atoms with Gasteiger partial charge in [0.15, 0.2) is 0 Å². The van der Waals surface area contributed by atoms with Crippen LogP contribution in [0.25, 0.3) is 0 Å². The molecule has 0 saturated carbocycles. The molecule has 0 amide bonds. The van der Waals surface area contributed by atoms with Crippen molar-refractivity contribution in [3.05, 3.63) is 18.3 Å². The van der Waals surface area contributed by atoms with Crippen molar-refractivity contribution in [2.45, 2.75) is 0 Å². The van der Waals surface area contributed by atoms with Crippen molar-refractivity contribution in [3.63, 3.8) is 0 Å². The van der Waals surface area contributed by atoms with Crippen LogP contribution in [-0.4, -0.2) is 36.3 Å². The van der Waals surface area contributed by atoms with E-state index in [1.54, 1.807) is 6.20 Å². The smallest absolute Gasteiger partial charge is 0.140 e. The number of aromatic nitrogens is 1. The minimum Gasteiger partial charge on any atom is -0.397 e. The van der Waals surface area contributed by atoms with Crippen molar-refractivity contribution in [2.24, 2.45) is 0 Å². The molecule has 1 aliphatic heterocycles. The molecule has 5 nitrogen and oxygen atoms in total. The highest BCUT2D eigenvalue weighted by Crippen LogP contribution is 2.07. The second kappa shape index (κ2) is 4.26. The molecular formula is C9H14N4O. The fraction of sp³-hybridized carbons (Fsp3) is 0.444. The number of pyridine rings is 1. The number of nitrogens with two attached hydrogens (primary N) is 1. The van der Waals surface area contributed by atoms with Crippen LogP contribution in [0.5, 0.6) is 0 Å². The van der Waals surface area contributed by atoms with E-state index >= 15 is 0 Å². The Morgan fingerprint density at radius 1 is 1.36 bits per heavy atom. The van der Waals surface area contributed by atoms with E-state index in [4.69, 9.17) is 10.5 Å². The van der Waals surface area contributed by atoms with Crippen LogP contribution in [0.2, 0.25) is 0 Å². The average Bonchev–Trinajstić information content (AvgIpc) is 2.23. The third-order valence-corrected chi connectivity index (χ3v) is 2.07. The molecule has 0 spiro atoms. The fourth-order valence-corrected chi connectivity index (χ4v) is 1.31. The number of hydrazine groups is 1. The normalized spacial score (nSPS) is 18.0. The molecule has 5 heteroatoms. The van der Waals surface area contributed by atoms with E-state index in [1.165, 1.54) is 0 Å². The number of nitrogens with one attached hydrogen (secondary N) is 1. The largest absolute Gasteiger partial charge is 0.397 e. The highest BCUT2D eigenvalue weighted by Gasteiger charge is 2.09. The van der Waals surface area contributed by atoms with Crippen LogP contribution in [0.4, 0.5) is 11.5 Å². The van der Waals surface area contributed by atoms with Gasteiger partial charge in [0.1, 0.15) is 5.82 Å². The van der Waals surface area contributed by atoms with Crippen LogP contribution in [0.1, 0.15) is 0 Å². The summed E-state index contributed by atoms with van der Waals surface area (Å²) in [5.41, 5.74) is 9.41. The Balaban J connectivity index is 1.92. The lowest BCUT2D eigenvalue weighted by Gasteiger charge is -2.27. The van der Waals surface area contributed by atoms with Gasteiger partial charge in [-0.25, -0.2) is 9.99 Å². The number of ether oxygens (including phenoxy) is 1. The lowest BCUT2D eigenvalue weighted by molar-refractivity contribution is 0.0495. The van der Waals surface area contributed by atoms with Gasteiger partial charge in [-0.1, -0.05) is 0 Å². The zero-order valence-corrected chi connectivity index (χ0v) is 7.94. The van der Waals surface area contributed by atoms with E-state index in [2.05, 4.69) is 15.4 Å². The predicted molar refractivity (Wildman–Crippen MR) is 54.7 cm³/mol. The minimum atomic E-state index is 0.678. The second-order valence-electron chi connectivity index (χ2n) is 3.19. The van der Waals surface area contributed by atoms with E-state index in [1.807, 2.05) is 12.1 Å². The zero-order valence-electron chi connectivity index (χ0n) is 7.94. The van der Waals surface area contributed by atoms with Crippen LogP contribution in [0, 0.1) is 0 Å². The molecule has 1 fully saturated rings. The number of hydrogen-bond acceptors (Lipinski definition) is 5. The fourth-order valence-electron chi connectivity index (χ4n) is 1.31. The molecule has 0 atom stereocenters. The van der Waals surface area contributed by atoms with Gasteiger partial charge >= 0.3 is 0 Å². The summed E-state index contributed by atoms with van der Waals surface area (Å²) in [6, 6.07) is 3.70. The van der Waals surface area contributed by atoms with Crippen LogP contribution in [0.3, 0.4) is 0 Å². The van der Waals surface area contributed by atoms with Gasteiger partial charge in [-0.2, -0.15) is 0 Å². The Morgan fingerprint density at radius 3 is 2.79 bits per heavy atom. The first-order chi connectivity index (χ1) is 6.84. The molecule has 0 bridgehead atoms. The summed E-state index contributed by atoms with van der Waals surface area (Å²) >= 11 is 0. The first kappa shape index (κ1) is 9.23. The molecule has 0 aromatic carbocycles. The van der Waals surface area contributed by atoms with Crippen molar-refractivity contribution in [1.82, 2.24) is 9.99 Å². The minimum absolute atomic E-state index is 0.678. The van der Waals surface area contributed by atoms with Gasteiger partial charge in [-0.3, -0.25) is 0 Å². The topological polar surface area (TPSA) is 63.4 Å². The molecule has 1 aromatic rings. The number of nitrogen functional groups attached to an aromatic ring is 1. The molecule has 1 saturated heterocycles. The maximum atomic E-state index is 5.54. The van der Waals surface area contributed by atoms with E-state index in [0.717, 1.165) is 32.1 Å². The molecule has 0 unspecified atom stereocenters. The summed E-state index contributed by atoms with van der Waals surface area (Å²) < 4.78 is 5.23. The Hall–Kier alpha value is -1.33. The average molecular weight is 194 g/mol. The molecule has 3 N–H and O–H groups in total. The van der Waals surface area contributed by atoms with E-state index in [-0.39, 0.29) is 0 Å². The summed E-state index contributed by atoms with van der Waals surface area (Å²) in [6.45, 7) is 3.29. The predicted octanol–water partition coefficient (Wildman–Crippen LogP) is 0.323. The lowest BCUT2D eigenvalue weighted by Crippen LogP contribution is -2.40. The van der Waals surface area contributed by atoms with Crippen molar-refractivity contribution in [1.29, 1.82) is 0 Å². The molecule has 1 aliphatic rings. The van der Waals surface area contributed by atoms with Crippen molar-refractivity contribution < 1.29 is 4.74 Å². The summed E-state index contributed by atoms with van der Waals surface area (Å²) in [5, 5.41) is 2.09. The summed E-state index contributed by atoms with van der Waals surface area (Å²) in [4.78, 5) is 4.15. The monoisotopic (exact) mass is 194 g/mol. The first-order valence-electron chi connectivity index (χ1n) is 4.65. The standard InChI is InChI=1S/C9H14N4O/c10-8-1-2-9(11-7-8)12-13-3-5-14-6-4-13/h1-2,7H,3-6,10H2,(H,11,12). The van der Waals surface area contributed by atoms with Gasteiger partial charge < -0.3 is 15.9 Å². The Morgan fingerprint density at radius 2 is 2.14 bits per heavy atom. The number of hydrogen-bond donors (Lipinski definition) is 2. The number of morpholine rings is 1. The van der Waals surface area contributed by atoms with Gasteiger partial charge in [0.2, 0.25) is 0 Å². The Bertz CT molecular complexity index is 281. The molecule has 2 rings (SSSR count). The van der Waals surface area contributed by atoms with Gasteiger partial charge in [0.25, 0.3) is 0 Å². The first-order valence-corrected chi connectivity index (χ1v) is 4.65.